The number of alkyl halides is 6. The van der Waals surface area contributed by atoms with Crippen molar-refractivity contribution in [1.82, 2.24) is 0 Å². The largest absolute Gasteiger partial charge is 0.416 e. The molecule has 1 atom stereocenters. The maximum atomic E-state index is 14.3. The van der Waals surface area contributed by atoms with Gasteiger partial charge in [-0.3, -0.25) is 0 Å². The first kappa shape index (κ1) is 23.1. The average molecular weight is 430 g/mol. The molecule has 2 aromatic carbocycles. The molecular formula is C18H13BF10. The van der Waals surface area contributed by atoms with E-state index in [2.05, 4.69) is 0 Å². The van der Waals surface area contributed by atoms with E-state index in [4.69, 9.17) is 0 Å². The van der Waals surface area contributed by atoms with Crippen LogP contribution in [0.3, 0.4) is 0 Å². The fourth-order valence-corrected chi connectivity index (χ4v) is 2.81. The number of halogens is 10. The highest BCUT2D eigenvalue weighted by Gasteiger charge is 2.37. The first-order valence-electron chi connectivity index (χ1n) is 8.31. The van der Waals surface area contributed by atoms with Gasteiger partial charge in [-0.05, 0) is 23.9 Å². The topological polar surface area (TPSA) is 0 Å². The van der Waals surface area contributed by atoms with Crippen LogP contribution in [0.2, 0.25) is 0 Å². The van der Waals surface area contributed by atoms with Crippen LogP contribution in [0.4, 0.5) is 43.9 Å². The Morgan fingerprint density at radius 3 is 1.52 bits per heavy atom. The molecular weight excluding hydrogens is 417 g/mol. The van der Waals surface area contributed by atoms with Crippen LogP contribution >= 0.6 is 0 Å². The lowest BCUT2D eigenvalue weighted by molar-refractivity contribution is -0.142. The molecule has 0 fully saturated rings. The Morgan fingerprint density at radius 1 is 0.759 bits per heavy atom. The highest BCUT2D eigenvalue weighted by atomic mass is 19.4. The molecule has 0 spiro atoms. The number of benzene rings is 2. The molecule has 11 heteroatoms. The summed E-state index contributed by atoms with van der Waals surface area (Å²) in [6.45, 7) is 2.82. The molecule has 0 aromatic heterocycles. The zero-order valence-electron chi connectivity index (χ0n) is 15.0. The minimum absolute atomic E-state index is 0.134. The second-order valence-corrected chi connectivity index (χ2v) is 6.55. The standard InChI is InChI=1S/C18H13BF10/c1-3-7(2)11-13(20)15(22)12(16(23)14(11)21)19-10-5-8(17(24,25)26)4-9(6-10)18(27,28)29/h4-7,19H,3H2,1-2H3. The summed E-state index contributed by atoms with van der Waals surface area (Å²) in [6.07, 6.45) is -10.2. The third-order valence-corrected chi connectivity index (χ3v) is 4.52. The van der Waals surface area contributed by atoms with Gasteiger partial charge >= 0.3 is 12.4 Å². The Hall–Kier alpha value is -2.20. The Kier molecular flexibility index (Phi) is 6.30. The highest BCUT2D eigenvalue weighted by Crippen LogP contribution is 2.34. The van der Waals surface area contributed by atoms with Crippen LogP contribution in [0, 0.1) is 23.3 Å². The van der Waals surface area contributed by atoms with E-state index >= 15 is 0 Å². The summed E-state index contributed by atoms with van der Waals surface area (Å²) in [7, 11) is -1.21. The highest BCUT2D eigenvalue weighted by molar-refractivity contribution is 6.67. The summed E-state index contributed by atoms with van der Waals surface area (Å²) in [5.74, 6) is -8.07. The molecule has 0 aliphatic rings. The second kappa shape index (κ2) is 7.91. The van der Waals surface area contributed by atoms with E-state index < -0.39 is 76.4 Å². The molecule has 0 saturated heterocycles. The molecule has 1 unspecified atom stereocenters. The molecule has 0 bridgehead atoms. The van der Waals surface area contributed by atoms with Gasteiger partial charge in [-0.15, -0.1) is 0 Å². The van der Waals surface area contributed by atoms with E-state index in [1.807, 2.05) is 0 Å². The molecule has 2 rings (SSSR count). The normalized spacial score (nSPS) is 13.5. The molecule has 0 aliphatic heterocycles. The van der Waals surface area contributed by atoms with Crippen LogP contribution in [0.1, 0.15) is 42.9 Å². The van der Waals surface area contributed by atoms with Crippen molar-refractivity contribution < 1.29 is 43.9 Å². The lowest BCUT2D eigenvalue weighted by Crippen LogP contribution is -2.36. The SMILES string of the molecule is CCC(C)c1c(F)c(F)c(Bc2cc(C(F)(F)F)cc(C(F)(F)F)c2)c(F)c1F. The van der Waals surface area contributed by atoms with Gasteiger partial charge in [0.25, 0.3) is 0 Å². The lowest BCUT2D eigenvalue weighted by atomic mass is 9.62. The van der Waals surface area contributed by atoms with Crippen molar-refractivity contribution in [3.8, 4) is 0 Å². The number of rotatable bonds is 4. The smallest absolute Gasteiger partial charge is 0.204 e. The minimum Gasteiger partial charge on any atom is -0.204 e. The van der Waals surface area contributed by atoms with Gasteiger partial charge in [0.15, 0.2) is 30.5 Å². The van der Waals surface area contributed by atoms with Crippen molar-refractivity contribution in [2.24, 2.45) is 0 Å². The van der Waals surface area contributed by atoms with Crippen molar-refractivity contribution >= 4 is 18.2 Å². The van der Waals surface area contributed by atoms with Gasteiger partial charge in [0.2, 0.25) is 0 Å². The van der Waals surface area contributed by atoms with Gasteiger partial charge in [0, 0.05) is 5.56 Å². The van der Waals surface area contributed by atoms with Crippen LogP contribution in [0.5, 0.6) is 0 Å². The molecule has 0 amide bonds. The van der Waals surface area contributed by atoms with Gasteiger partial charge < -0.3 is 0 Å². The molecule has 29 heavy (non-hydrogen) atoms. The molecule has 158 valence electrons. The van der Waals surface area contributed by atoms with E-state index in [-0.39, 0.29) is 24.6 Å². The maximum absolute atomic E-state index is 14.3. The Bertz CT molecular complexity index is 853. The molecule has 0 N–H and O–H groups in total. The van der Waals surface area contributed by atoms with Crippen molar-refractivity contribution in [3.63, 3.8) is 0 Å². The minimum atomic E-state index is -5.18. The van der Waals surface area contributed by atoms with E-state index in [1.54, 1.807) is 0 Å². The van der Waals surface area contributed by atoms with E-state index in [0.717, 1.165) is 0 Å². The summed E-state index contributed by atoms with van der Waals surface area (Å²) in [6, 6.07) is 0.322. The van der Waals surface area contributed by atoms with Gasteiger partial charge in [-0.25, -0.2) is 17.6 Å². The fraction of sp³-hybridized carbons (Fsp3) is 0.333. The number of hydrogen-bond donors (Lipinski definition) is 0. The Morgan fingerprint density at radius 2 is 1.17 bits per heavy atom. The maximum Gasteiger partial charge on any atom is 0.416 e. The third-order valence-electron chi connectivity index (χ3n) is 4.52. The van der Waals surface area contributed by atoms with Gasteiger partial charge in [0.05, 0.1) is 11.1 Å². The summed E-state index contributed by atoms with van der Waals surface area (Å²) >= 11 is 0. The average Bonchev–Trinajstić information content (AvgIpc) is 2.62. The van der Waals surface area contributed by atoms with Crippen LogP contribution in [0.25, 0.3) is 0 Å². The Labute approximate surface area is 159 Å². The summed E-state index contributed by atoms with van der Waals surface area (Å²) in [4.78, 5) is 0. The molecule has 0 saturated carbocycles. The van der Waals surface area contributed by atoms with Crippen molar-refractivity contribution in [1.29, 1.82) is 0 Å². The lowest BCUT2D eigenvalue weighted by Gasteiger charge is -2.17. The quantitative estimate of drug-likeness (QED) is 0.356. The zero-order valence-corrected chi connectivity index (χ0v) is 15.0. The van der Waals surface area contributed by atoms with Crippen molar-refractivity contribution in [3.05, 3.63) is 58.2 Å². The van der Waals surface area contributed by atoms with Crippen molar-refractivity contribution in [2.75, 3.05) is 0 Å². The van der Waals surface area contributed by atoms with Crippen LogP contribution in [-0.2, 0) is 12.4 Å². The van der Waals surface area contributed by atoms with E-state index in [1.165, 1.54) is 13.8 Å². The van der Waals surface area contributed by atoms with Crippen LogP contribution in [-0.4, -0.2) is 7.28 Å². The van der Waals surface area contributed by atoms with Crippen LogP contribution < -0.4 is 10.9 Å². The summed E-state index contributed by atoms with van der Waals surface area (Å²) in [5, 5.41) is 0. The summed E-state index contributed by atoms with van der Waals surface area (Å²) in [5.41, 5.74) is -6.38. The number of hydrogen-bond acceptors (Lipinski definition) is 0. The second-order valence-electron chi connectivity index (χ2n) is 6.55. The Balaban J connectivity index is 2.65. The van der Waals surface area contributed by atoms with Gasteiger partial charge in [0.1, 0.15) is 0 Å². The third kappa shape index (κ3) is 4.70. The zero-order chi connectivity index (χ0) is 22.3. The molecule has 0 heterocycles. The molecule has 0 radical (unpaired) electrons. The fourth-order valence-electron chi connectivity index (χ4n) is 2.81. The van der Waals surface area contributed by atoms with E-state index in [0.29, 0.717) is 0 Å². The predicted molar refractivity (Wildman–Crippen MR) is 87.8 cm³/mol. The molecule has 0 aliphatic carbocycles. The predicted octanol–water partition coefficient (Wildman–Crippen LogP) is 5.18. The monoisotopic (exact) mass is 430 g/mol. The van der Waals surface area contributed by atoms with Gasteiger partial charge in [-0.2, -0.15) is 26.3 Å². The van der Waals surface area contributed by atoms with E-state index in [9.17, 15) is 43.9 Å². The van der Waals surface area contributed by atoms with Gasteiger partial charge in [-0.1, -0.05) is 31.4 Å². The summed E-state index contributed by atoms with van der Waals surface area (Å²) < 4.78 is 135. The first-order valence-corrected chi connectivity index (χ1v) is 8.31. The first-order chi connectivity index (χ1) is 13.2. The molecule has 0 nitrogen and oxygen atoms in total. The van der Waals surface area contributed by atoms with Crippen molar-refractivity contribution in [2.45, 2.75) is 38.5 Å². The molecule has 2 aromatic rings. The van der Waals surface area contributed by atoms with Crippen LogP contribution in [0.15, 0.2) is 18.2 Å².